The summed E-state index contributed by atoms with van der Waals surface area (Å²) in [7, 11) is 0. The van der Waals surface area contributed by atoms with E-state index < -0.39 is 0 Å². The largest absolute Gasteiger partial charge is 0.192 e. The number of rotatable bonds is 2. The molecule has 64 valence electrons. The normalized spacial score (nSPS) is 8.92. The van der Waals surface area contributed by atoms with Crippen molar-refractivity contribution in [2.75, 3.05) is 0 Å². The fourth-order valence-corrected chi connectivity index (χ4v) is 1.02. The van der Waals surface area contributed by atoms with Crippen LogP contribution in [0, 0.1) is 11.3 Å². The summed E-state index contributed by atoms with van der Waals surface area (Å²) >= 11 is 0. The minimum Gasteiger partial charge on any atom is -0.192 e. The Morgan fingerprint density at radius 1 is 1.15 bits per heavy atom. The third-order valence-corrected chi connectivity index (χ3v) is 1.86. The Labute approximate surface area is 78.6 Å². The molecular formula is C12H11N. The molecule has 0 saturated carbocycles. The second-order valence-corrected chi connectivity index (χ2v) is 2.95. The van der Waals surface area contributed by atoms with E-state index in [1.54, 1.807) is 0 Å². The minimum absolute atomic E-state index is 0.494. The summed E-state index contributed by atoms with van der Waals surface area (Å²) in [5, 5.41) is 8.60. The van der Waals surface area contributed by atoms with Gasteiger partial charge in [-0.1, -0.05) is 43.0 Å². The summed E-state index contributed by atoms with van der Waals surface area (Å²) in [6.45, 7) is 9.42. The van der Waals surface area contributed by atoms with Crippen molar-refractivity contribution in [3.05, 3.63) is 48.6 Å². The third kappa shape index (κ3) is 2.07. The van der Waals surface area contributed by atoms with Gasteiger partial charge < -0.3 is 0 Å². The van der Waals surface area contributed by atoms with Gasteiger partial charge in [0.2, 0.25) is 0 Å². The van der Waals surface area contributed by atoms with Gasteiger partial charge >= 0.3 is 0 Å². The van der Waals surface area contributed by atoms with E-state index in [0.29, 0.717) is 5.57 Å². The summed E-state index contributed by atoms with van der Waals surface area (Å²) in [5.41, 5.74) is 3.48. The SMILES string of the molecule is C=C(C)c1ccc(C(=C)C#N)cc1. The average molecular weight is 169 g/mol. The van der Waals surface area contributed by atoms with Crippen molar-refractivity contribution in [3.8, 4) is 6.07 Å². The molecule has 0 aliphatic rings. The number of nitriles is 1. The predicted octanol–water partition coefficient (Wildman–Crippen LogP) is 3.26. The summed E-state index contributed by atoms with van der Waals surface area (Å²) in [6.07, 6.45) is 0. The molecule has 0 unspecified atom stereocenters. The van der Waals surface area contributed by atoms with Crippen LogP contribution in [0.5, 0.6) is 0 Å². The quantitative estimate of drug-likeness (QED) is 0.623. The second kappa shape index (κ2) is 3.73. The highest BCUT2D eigenvalue weighted by molar-refractivity contribution is 5.75. The monoisotopic (exact) mass is 169 g/mol. The molecule has 13 heavy (non-hydrogen) atoms. The molecule has 0 aliphatic heterocycles. The standard InChI is InChI=1S/C12H11N/c1-9(2)11-4-6-12(7-5-11)10(3)8-13/h4-7H,1,3H2,2H3. The first-order valence-corrected chi connectivity index (χ1v) is 4.00. The van der Waals surface area contributed by atoms with Gasteiger partial charge in [-0.3, -0.25) is 0 Å². The summed E-state index contributed by atoms with van der Waals surface area (Å²) in [5.74, 6) is 0. The molecule has 1 aromatic rings. The molecule has 0 spiro atoms. The van der Waals surface area contributed by atoms with E-state index in [1.807, 2.05) is 37.3 Å². The van der Waals surface area contributed by atoms with Crippen molar-refractivity contribution < 1.29 is 0 Å². The number of benzene rings is 1. The van der Waals surface area contributed by atoms with E-state index in [9.17, 15) is 0 Å². The second-order valence-electron chi connectivity index (χ2n) is 2.95. The van der Waals surface area contributed by atoms with Gasteiger partial charge in [0.1, 0.15) is 0 Å². The van der Waals surface area contributed by atoms with E-state index in [2.05, 4.69) is 13.2 Å². The molecule has 0 bridgehead atoms. The highest BCUT2D eigenvalue weighted by Gasteiger charge is 1.97. The molecule has 0 fully saturated rings. The lowest BCUT2D eigenvalue weighted by atomic mass is 10.0. The molecule has 0 N–H and O–H groups in total. The van der Waals surface area contributed by atoms with Gasteiger partial charge in [-0.15, -0.1) is 0 Å². The Kier molecular flexibility index (Phi) is 2.66. The molecule has 0 radical (unpaired) electrons. The van der Waals surface area contributed by atoms with E-state index in [-0.39, 0.29) is 0 Å². The first kappa shape index (κ1) is 9.28. The Morgan fingerprint density at radius 2 is 1.62 bits per heavy atom. The molecule has 1 rings (SSSR count). The summed E-state index contributed by atoms with van der Waals surface area (Å²) in [4.78, 5) is 0. The fraction of sp³-hybridized carbons (Fsp3) is 0.0833. The molecular weight excluding hydrogens is 158 g/mol. The Hall–Kier alpha value is -1.81. The van der Waals surface area contributed by atoms with Crippen LogP contribution in [0.15, 0.2) is 37.4 Å². The molecule has 0 aliphatic carbocycles. The number of hydrogen-bond acceptors (Lipinski definition) is 1. The number of nitrogens with zero attached hydrogens (tertiary/aromatic N) is 1. The van der Waals surface area contributed by atoms with Crippen LogP contribution in [0.2, 0.25) is 0 Å². The maximum atomic E-state index is 8.60. The van der Waals surface area contributed by atoms with Crippen LogP contribution in [-0.4, -0.2) is 0 Å². The minimum atomic E-state index is 0.494. The van der Waals surface area contributed by atoms with Gasteiger partial charge in [0.25, 0.3) is 0 Å². The zero-order chi connectivity index (χ0) is 9.84. The van der Waals surface area contributed by atoms with Gasteiger partial charge in [-0.25, -0.2) is 0 Å². The molecule has 1 heteroatoms. The van der Waals surface area contributed by atoms with Crippen LogP contribution < -0.4 is 0 Å². The van der Waals surface area contributed by atoms with Crippen molar-refractivity contribution in [2.45, 2.75) is 6.92 Å². The fourth-order valence-electron chi connectivity index (χ4n) is 1.02. The van der Waals surface area contributed by atoms with Gasteiger partial charge in [-0.05, 0) is 18.1 Å². The highest BCUT2D eigenvalue weighted by Crippen LogP contribution is 2.16. The van der Waals surface area contributed by atoms with Crippen molar-refractivity contribution in [3.63, 3.8) is 0 Å². The number of allylic oxidation sites excluding steroid dienone is 2. The zero-order valence-corrected chi connectivity index (χ0v) is 7.67. The third-order valence-electron chi connectivity index (χ3n) is 1.86. The van der Waals surface area contributed by atoms with Crippen LogP contribution in [0.3, 0.4) is 0 Å². The van der Waals surface area contributed by atoms with Crippen molar-refractivity contribution in [1.82, 2.24) is 0 Å². The van der Waals surface area contributed by atoms with Crippen LogP contribution >= 0.6 is 0 Å². The topological polar surface area (TPSA) is 23.8 Å². The molecule has 0 saturated heterocycles. The van der Waals surface area contributed by atoms with Gasteiger partial charge in [0, 0.05) is 0 Å². The van der Waals surface area contributed by atoms with Gasteiger partial charge in [-0.2, -0.15) is 5.26 Å². The lowest BCUT2D eigenvalue weighted by Gasteiger charge is -2.00. The molecule has 0 atom stereocenters. The van der Waals surface area contributed by atoms with Crippen molar-refractivity contribution >= 4 is 11.1 Å². The zero-order valence-electron chi connectivity index (χ0n) is 7.67. The first-order valence-electron chi connectivity index (χ1n) is 4.00. The lowest BCUT2D eigenvalue weighted by Crippen LogP contribution is -1.81. The lowest BCUT2D eigenvalue weighted by molar-refractivity contribution is 1.51. The Bertz CT molecular complexity index is 377. The van der Waals surface area contributed by atoms with Crippen molar-refractivity contribution in [2.24, 2.45) is 0 Å². The number of hydrogen-bond donors (Lipinski definition) is 0. The maximum absolute atomic E-state index is 8.60. The molecule has 0 amide bonds. The van der Waals surface area contributed by atoms with E-state index >= 15 is 0 Å². The van der Waals surface area contributed by atoms with E-state index in [4.69, 9.17) is 5.26 Å². The Balaban J connectivity index is 3.02. The Morgan fingerprint density at radius 3 is 2.00 bits per heavy atom. The molecule has 0 heterocycles. The molecule has 0 aromatic heterocycles. The van der Waals surface area contributed by atoms with Crippen LogP contribution in [0.1, 0.15) is 18.1 Å². The van der Waals surface area contributed by atoms with E-state index in [0.717, 1.165) is 16.7 Å². The smallest absolute Gasteiger partial charge is 0.0991 e. The average Bonchev–Trinajstić information content (AvgIpc) is 2.17. The molecule has 1 nitrogen and oxygen atoms in total. The van der Waals surface area contributed by atoms with Gasteiger partial charge in [0.15, 0.2) is 0 Å². The van der Waals surface area contributed by atoms with Crippen LogP contribution in [-0.2, 0) is 0 Å². The summed E-state index contributed by atoms with van der Waals surface area (Å²) < 4.78 is 0. The van der Waals surface area contributed by atoms with Crippen molar-refractivity contribution in [1.29, 1.82) is 5.26 Å². The summed E-state index contributed by atoms with van der Waals surface area (Å²) in [6, 6.07) is 9.67. The maximum Gasteiger partial charge on any atom is 0.0991 e. The van der Waals surface area contributed by atoms with Crippen LogP contribution in [0.25, 0.3) is 11.1 Å². The highest BCUT2D eigenvalue weighted by atomic mass is 14.2. The van der Waals surface area contributed by atoms with E-state index in [1.165, 1.54) is 0 Å². The predicted molar refractivity (Wildman–Crippen MR) is 55.8 cm³/mol. The molecule has 1 aromatic carbocycles. The van der Waals surface area contributed by atoms with Crippen LogP contribution in [0.4, 0.5) is 0 Å². The first-order chi connectivity index (χ1) is 6.15. The van der Waals surface area contributed by atoms with Gasteiger partial charge in [0.05, 0.1) is 11.6 Å².